The van der Waals surface area contributed by atoms with Gasteiger partial charge in [-0.1, -0.05) is 51.1 Å². The fourth-order valence-electron chi connectivity index (χ4n) is 3.89. The van der Waals surface area contributed by atoms with Gasteiger partial charge in [0, 0.05) is 32.6 Å². The number of piperazine rings is 1. The molecule has 7 nitrogen and oxygen atoms in total. The van der Waals surface area contributed by atoms with Crippen molar-refractivity contribution >= 4 is 17.7 Å². The van der Waals surface area contributed by atoms with Crippen molar-refractivity contribution < 1.29 is 14.4 Å². The molecule has 7 heteroatoms. The Balaban J connectivity index is 0.000000785. The molecular formula is C24H38N4O3. The van der Waals surface area contributed by atoms with E-state index in [0.717, 1.165) is 24.3 Å². The number of piperidine rings is 1. The Hall–Kier alpha value is -2.41. The highest BCUT2D eigenvalue weighted by Crippen LogP contribution is 2.20. The third-order valence-corrected chi connectivity index (χ3v) is 5.45. The Morgan fingerprint density at radius 3 is 2.29 bits per heavy atom. The molecule has 31 heavy (non-hydrogen) atoms. The summed E-state index contributed by atoms with van der Waals surface area (Å²) < 4.78 is 0. The molecule has 0 radical (unpaired) electrons. The number of nitrogens with zero attached hydrogens (tertiary/aromatic N) is 2. The van der Waals surface area contributed by atoms with Crippen LogP contribution in [0.3, 0.4) is 0 Å². The molecular weight excluding hydrogens is 392 g/mol. The van der Waals surface area contributed by atoms with Crippen molar-refractivity contribution in [3.05, 3.63) is 35.9 Å². The van der Waals surface area contributed by atoms with Gasteiger partial charge in [-0.05, 0) is 36.7 Å². The lowest BCUT2D eigenvalue weighted by atomic mass is 9.93. The molecule has 0 saturated carbocycles. The minimum atomic E-state index is -0.282. The van der Waals surface area contributed by atoms with Crippen molar-refractivity contribution in [1.82, 2.24) is 15.1 Å². The fourth-order valence-corrected chi connectivity index (χ4v) is 3.89. The van der Waals surface area contributed by atoms with Crippen LogP contribution in [0.25, 0.3) is 0 Å². The number of nitrogens with one attached hydrogen (secondary N) is 1. The first-order valence-electron chi connectivity index (χ1n) is 11.4. The number of carbonyl (C=O) groups excluding carboxylic acids is 3. The molecule has 2 saturated heterocycles. The van der Waals surface area contributed by atoms with Gasteiger partial charge in [0.25, 0.3) is 0 Å². The van der Waals surface area contributed by atoms with Gasteiger partial charge in [-0.25, -0.2) is 0 Å². The van der Waals surface area contributed by atoms with Crippen LogP contribution in [0.1, 0.15) is 45.6 Å². The van der Waals surface area contributed by atoms with Crippen molar-refractivity contribution in [3.63, 3.8) is 0 Å². The van der Waals surface area contributed by atoms with Gasteiger partial charge in [0.2, 0.25) is 17.7 Å². The van der Waals surface area contributed by atoms with Gasteiger partial charge in [0.1, 0.15) is 0 Å². The van der Waals surface area contributed by atoms with Crippen molar-refractivity contribution in [1.29, 1.82) is 0 Å². The Bertz CT molecular complexity index is 712. The second-order valence-electron chi connectivity index (χ2n) is 9.18. The summed E-state index contributed by atoms with van der Waals surface area (Å²) in [6.07, 6.45) is 2.60. The zero-order chi connectivity index (χ0) is 22.8. The molecule has 1 unspecified atom stereocenters. The van der Waals surface area contributed by atoms with Gasteiger partial charge in [-0.3, -0.25) is 14.4 Å². The molecule has 2 fully saturated rings. The third-order valence-electron chi connectivity index (χ3n) is 5.45. The zero-order valence-electron chi connectivity index (χ0n) is 19.2. The molecule has 1 aromatic rings. The molecule has 1 atom stereocenters. The van der Waals surface area contributed by atoms with Crippen LogP contribution in [0.15, 0.2) is 30.3 Å². The molecule has 172 valence electrons. The maximum Gasteiger partial charge on any atom is 0.242 e. The van der Waals surface area contributed by atoms with Crippen LogP contribution in [-0.4, -0.2) is 66.3 Å². The lowest BCUT2D eigenvalue weighted by Crippen LogP contribution is -2.58. The van der Waals surface area contributed by atoms with E-state index >= 15 is 0 Å². The lowest BCUT2D eigenvalue weighted by molar-refractivity contribution is -0.144. The molecule has 0 aliphatic carbocycles. The second-order valence-corrected chi connectivity index (χ2v) is 9.18. The van der Waals surface area contributed by atoms with E-state index in [9.17, 15) is 14.4 Å². The predicted molar refractivity (Wildman–Crippen MR) is 122 cm³/mol. The zero-order valence-corrected chi connectivity index (χ0v) is 19.2. The number of likely N-dealkylation sites (tertiary alicyclic amines) is 1. The summed E-state index contributed by atoms with van der Waals surface area (Å²) in [5, 5.41) is 3.26. The summed E-state index contributed by atoms with van der Waals surface area (Å²) in [5.74, 6) is 0.793. The van der Waals surface area contributed by atoms with Gasteiger partial charge in [-0.2, -0.15) is 0 Å². The van der Waals surface area contributed by atoms with Gasteiger partial charge >= 0.3 is 0 Å². The average molecular weight is 431 g/mol. The molecule has 3 amide bonds. The van der Waals surface area contributed by atoms with Gasteiger partial charge < -0.3 is 20.9 Å². The van der Waals surface area contributed by atoms with E-state index in [1.807, 2.05) is 30.3 Å². The summed E-state index contributed by atoms with van der Waals surface area (Å²) in [5.41, 5.74) is 6.36. The SMILES string of the molecule is CC(C)C.NC(=O)CC1CCN(C(=O)CN2CCNC(Cc3ccccc3)C2=O)CC1. The van der Waals surface area contributed by atoms with Crippen LogP contribution in [0, 0.1) is 11.8 Å². The normalized spacial score (nSPS) is 19.7. The Labute approximate surface area is 186 Å². The number of primary amides is 1. The van der Waals surface area contributed by atoms with E-state index in [1.54, 1.807) is 9.80 Å². The standard InChI is InChI=1S/C20H28N4O3.C4H10/c21-18(25)13-16-6-9-23(10-7-16)19(26)14-24-11-8-22-17(20(24)27)12-15-4-2-1-3-5-15;1-4(2)3/h1-5,16-17,22H,6-14H2,(H2,21,25);4H,1-3H3. The van der Waals surface area contributed by atoms with Crippen LogP contribution in [0.4, 0.5) is 0 Å². The van der Waals surface area contributed by atoms with E-state index < -0.39 is 0 Å². The number of benzene rings is 1. The second kappa shape index (κ2) is 12.4. The summed E-state index contributed by atoms with van der Waals surface area (Å²) in [6.45, 7) is 9.13. The first-order chi connectivity index (χ1) is 14.8. The number of carbonyl (C=O) groups is 3. The summed E-state index contributed by atoms with van der Waals surface area (Å²) >= 11 is 0. The quantitative estimate of drug-likeness (QED) is 0.719. The van der Waals surface area contributed by atoms with Crippen LogP contribution in [-0.2, 0) is 20.8 Å². The molecule has 2 heterocycles. The van der Waals surface area contributed by atoms with E-state index in [-0.39, 0.29) is 36.2 Å². The Kier molecular flexibility index (Phi) is 9.98. The maximum absolute atomic E-state index is 12.8. The van der Waals surface area contributed by atoms with Crippen molar-refractivity contribution in [3.8, 4) is 0 Å². The Morgan fingerprint density at radius 2 is 1.71 bits per heavy atom. The van der Waals surface area contributed by atoms with E-state index in [4.69, 9.17) is 5.73 Å². The smallest absolute Gasteiger partial charge is 0.242 e. The minimum absolute atomic E-state index is 0.0120. The van der Waals surface area contributed by atoms with Crippen molar-refractivity contribution in [2.24, 2.45) is 17.6 Å². The number of hydrogen-bond acceptors (Lipinski definition) is 4. The largest absolute Gasteiger partial charge is 0.370 e. The Morgan fingerprint density at radius 1 is 1.10 bits per heavy atom. The lowest BCUT2D eigenvalue weighted by Gasteiger charge is -2.36. The molecule has 2 aliphatic heterocycles. The molecule has 0 aromatic heterocycles. The third kappa shape index (κ3) is 8.69. The van der Waals surface area contributed by atoms with Crippen molar-refractivity contribution in [2.45, 2.75) is 52.5 Å². The molecule has 3 N–H and O–H groups in total. The monoisotopic (exact) mass is 430 g/mol. The first kappa shape index (κ1) is 24.9. The minimum Gasteiger partial charge on any atom is -0.370 e. The summed E-state index contributed by atoms with van der Waals surface area (Å²) in [4.78, 5) is 39.9. The fraction of sp³-hybridized carbons (Fsp3) is 0.625. The van der Waals surface area contributed by atoms with Crippen molar-refractivity contribution in [2.75, 3.05) is 32.7 Å². The van der Waals surface area contributed by atoms with Crippen LogP contribution < -0.4 is 11.1 Å². The number of hydrogen-bond donors (Lipinski definition) is 2. The summed E-state index contributed by atoms with van der Waals surface area (Å²) in [7, 11) is 0. The molecule has 0 bridgehead atoms. The number of rotatable bonds is 6. The highest BCUT2D eigenvalue weighted by atomic mass is 16.2. The molecule has 3 rings (SSSR count). The first-order valence-corrected chi connectivity index (χ1v) is 11.4. The van der Waals surface area contributed by atoms with Crippen LogP contribution in [0.2, 0.25) is 0 Å². The molecule has 1 aromatic carbocycles. The van der Waals surface area contributed by atoms with Gasteiger partial charge in [-0.15, -0.1) is 0 Å². The molecule has 0 spiro atoms. The van der Waals surface area contributed by atoms with Gasteiger partial charge in [0.05, 0.1) is 12.6 Å². The van der Waals surface area contributed by atoms with Crippen LogP contribution in [0.5, 0.6) is 0 Å². The topological polar surface area (TPSA) is 95.7 Å². The highest BCUT2D eigenvalue weighted by molar-refractivity contribution is 5.88. The van der Waals surface area contributed by atoms with Crippen LogP contribution >= 0.6 is 0 Å². The number of amides is 3. The van der Waals surface area contributed by atoms with Gasteiger partial charge in [0.15, 0.2) is 0 Å². The van der Waals surface area contributed by atoms with E-state index in [2.05, 4.69) is 26.1 Å². The number of nitrogens with two attached hydrogens (primary N) is 1. The summed E-state index contributed by atoms with van der Waals surface area (Å²) in [6, 6.07) is 9.62. The maximum atomic E-state index is 12.8. The van der Waals surface area contributed by atoms with E-state index in [0.29, 0.717) is 39.0 Å². The van der Waals surface area contributed by atoms with E-state index in [1.165, 1.54) is 0 Å². The average Bonchev–Trinajstić information content (AvgIpc) is 2.71. The predicted octanol–water partition coefficient (Wildman–Crippen LogP) is 1.81. The highest BCUT2D eigenvalue weighted by Gasteiger charge is 2.31. The molecule has 2 aliphatic rings.